The average molecular weight is 923 g/mol. The average Bonchev–Trinajstić information content (AvgIpc) is 3.27. The number of rotatable bonds is 41. The van der Waals surface area contributed by atoms with E-state index in [0.29, 0.717) is 13.0 Å². The van der Waals surface area contributed by atoms with Gasteiger partial charge in [0, 0.05) is 13.0 Å². The van der Waals surface area contributed by atoms with Crippen molar-refractivity contribution >= 4 is 16.4 Å². The van der Waals surface area contributed by atoms with Gasteiger partial charge in [-0.1, -0.05) is 163 Å². The number of carbonyl (C=O) groups excluding carboxylic acids is 1. The van der Waals surface area contributed by atoms with Crippen molar-refractivity contribution in [2.45, 2.75) is 205 Å². The van der Waals surface area contributed by atoms with Gasteiger partial charge in [0.1, 0.15) is 30.5 Å². The Morgan fingerprint density at radius 1 is 0.594 bits per heavy atom. The number of hydrogen-bond donors (Lipinski definition) is 4. The number of hydrogen-bond acceptors (Lipinski definition) is 11. The second-order valence-electron chi connectivity index (χ2n) is 16.3. The summed E-state index contributed by atoms with van der Waals surface area (Å²) in [5.74, 6) is -0.432. The van der Waals surface area contributed by atoms with E-state index >= 15 is 0 Å². The van der Waals surface area contributed by atoms with Crippen LogP contribution in [0.1, 0.15) is 168 Å². The lowest BCUT2D eigenvalue weighted by molar-refractivity contribution is -0.301. The van der Waals surface area contributed by atoms with Gasteiger partial charge in [-0.25, -0.2) is 4.18 Å². The van der Waals surface area contributed by atoms with E-state index in [1.165, 1.54) is 51.4 Å². The van der Waals surface area contributed by atoms with Crippen molar-refractivity contribution < 1.29 is 56.2 Å². The van der Waals surface area contributed by atoms with Crippen molar-refractivity contribution in [1.82, 2.24) is 0 Å². The minimum absolute atomic E-state index is 0.0170. The van der Waals surface area contributed by atoms with E-state index in [4.69, 9.17) is 18.9 Å². The SMILES string of the molecule is CC/C=C\C/C=C\C/C=C\C/C=C\CCCCCCCCCCCCCOCC(COC1OC(CO)C(O)C(OS(=O)(=O)O)C1O)OC(=O)CCCCC/C=C\C/C=C\C/C=C\CC. The molecule has 13 heteroatoms. The summed E-state index contributed by atoms with van der Waals surface area (Å²) in [5, 5.41) is 30.7. The van der Waals surface area contributed by atoms with Crippen LogP contribution in [-0.4, -0.2) is 97.5 Å². The summed E-state index contributed by atoms with van der Waals surface area (Å²) in [7, 11) is -5.07. The van der Waals surface area contributed by atoms with Crippen LogP contribution in [0.4, 0.5) is 0 Å². The molecule has 1 aliphatic rings. The third-order valence-electron chi connectivity index (χ3n) is 10.5. The van der Waals surface area contributed by atoms with Crippen LogP contribution in [-0.2, 0) is 38.3 Å². The molecule has 0 aromatic heterocycles. The molecule has 1 heterocycles. The van der Waals surface area contributed by atoms with Gasteiger partial charge in [0.25, 0.3) is 0 Å². The highest BCUT2D eigenvalue weighted by atomic mass is 32.3. The largest absolute Gasteiger partial charge is 0.457 e. The van der Waals surface area contributed by atoms with E-state index in [1.807, 2.05) is 0 Å². The van der Waals surface area contributed by atoms with E-state index < -0.39 is 59.8 Å². The molecule has 1 rings (SSSR count). The van der Waals surface area contributed by atoms with Gasteiger partial charge in [0.2, 0.25) is 0 Å². The van der Waals surface area contributed by atoms with Crippen molar-refractivity contribution in [2.24, 2.45) is 0 Å². The number of unbranched alkanes of at least 4 members (excludes halogenated alkanes) is 14. The Labute approximate surface area is 387 Å². The number of esters is 1. The number of carbonyl (C=O) groups is 1. The molecule has 0 saturated carbocycles. The predicted octanol–water partition coefficient (Wildman–Crippen LogP) is 10.9. The number of aliphatic hydroxyl groups excluding tert-OH is 3. The van der Waals surface area contributed by atoms with Crippen molar-refractivity contribution in [3.63, 3.8) is 0 Å². The first-order chi connectivity index (χ1) is 31.1. The normalized spacial score (nSPS) is 20.5. The summed E-state index contributed by atoms with van der Waals surface area (Å²) < 4.78 is 59.1. The van der Waals surface area contributed by atoms with Crippen LogP contribution >= 0.6 is 0 Å². The topological polar surface area (TPSA) is 178 Å². The van der Waals surface area contributed by atoms with Crippen LogP contribution < -0.4 is 0 Å². The van der Waals surface area contributed by atoms with Crippen LogP contribution in [0.2, 0.25) is 0 Å². The molecule has 0 bridgehead atoms. The molecule has 6 unspecified atom stereocenters. The summed E-state index contributed by atoms with van der Waals surface area (Å²) in [6.07, 6.45) is 46.3. The quantitative estimate of drug-likeness (QED) is 0.0198. The van der Waals surface area contributed by atoms with Crippen LogP contribution in [0.5, 0.6) is 0 Å². The Morgan fingerprint density at radius 2 is 1.03 bits per heavy atom. The predicted molar refractivity (Wildman–Crippen MR) is 257 cm³/mol. The zero-order chi connectivity index (χ0) is 46.8. The third kappa shape index (κ3) is 34.6. The van der Waals surface area contributed by atoms with Gasteiger partial charge >= 0.3 is 16.4 Å². The molecule has 12 nitrogen and oxygen atoms in total. The Bertz CT molecular complexity index is 1440. The second-order valence-corrected chi connectivity index (χ2v) is 17.3. The lowest BCUT2D eigenvalue weighted by Gasteiger charge is -2.41. The molecule has 64 heavy (non-hydrogen) atoms. The van der Waals surface area contributed by atoms with E-state index in [0.717, 1.165) is 89.9 Å². The Balaban J connectivity index is 2.35. The first-order valence-corrected chi connectivity index (χ1v) is 25.7. The first kappa shape index (κ1) is 59.3. The highest BCUT2D eigenvalue weighted by molar-refractivity contribution is 7.80. The van der Waals surface area contributed by atoms with Gasteiger partial charge in [-0.3, -0.25) is 9.35 Å². The van der Waals surface area contributed by atoms with E-state index in [2.05, 4.69) is 103 Å². The molecule has 0 amide bonds. The van der Waals surface area contributed by atoms with Gasteiger partial charge < -0.3 is 34.3 Å². The Kier molecular flexibility index (Phi) is 38.6. The highest BCUT2D eigenvalue weighted by Gasteiger charge is 2.48. The first-order valence-electron chi connectivity index (χ1n) is 24.3. The van der Waals surface area contributed by atoms with Gasteiger partial charge in [-0.05, 0) is 83.5 Å². The standard InChI is InChI=1S/C51H86O12S/c1-3-5-7-9-11-13-15-17-18-19-20-21-22-23-24-25-26-27-29-31-33-35-37-39-41-59-43-45(44-60-51-49(55)50(63-64(56,57)58)48(54)46(42-52)62-51)61-47(53)40-38-36-34-32-30-28-16-14-12-10-8-6-4-2/h5-8,11-14,17-18,20-21,28,30,45-46,48-52,54-55H,3-4,9-10,15-16,19,22-27,29,31-44H2,1-2H3,(H,56,57,58)/b7-5-,8-6-,13-11-,14-12-,18-17-,21-20-,30-28-. The van der Waals surface area contributed by atoms with Gasteiger partial charge in [0.05, 0.1) is 19.8 Å². The zero-order valence-electron chi connectivity index (χ0n) is 39.3. The molecule has 0 aliphatic carbocycles. The van der Waals surface area contributed by atoms with Gasteiger partial charge in [0.15, 0.2) is 6.29 Å². The molecule has 0 aromatic carbocycles. The minimum atomic E-state index is -5.07. The fraction of sp³-hybridized carbons (Fsp3) is 0.706. The number of aliphatic hydroxyl groups is 3. The minimum Gasteiger partial charge on any atom is -0.457 e. The summed E-state index contributed by atoms with van der Waals surface area (Å²) in [6.45, 7) is 3.70. The molecule has 1 saturated heterocycles. The Morgan fingerprint density at radius 3 is 1.50 bits per heavy atom. The maximum atomic E-state index is 12.8. The van der Waals surface area contributed by atoms with E-state index in [-0.39, 0.29) is 19.6 Å². The smallest absolute Gasteiger partial charge is 0.397 e. The molecular weight excluding hydrogens is 837 g/mol. The van der Waals surface area contributed by atoms with Crippen LogP contribution in [0, 0.1) is 0 Å². The van der Waals surface area contributed by atoms with Crippen LogP contribution in [0.25, 0.3) is 0 Å². The molecule has 0 aromatic rings. The second kappa shape index (κ2) is 41.7. The lowest BCUT2D eigenvalue weighted by atomic mass is 9.99. The molecular formula is C51H86O12S. The fourth-order valence-corrected chi connectivity index (χ4v) is 7.42. The summed E-state index contributed by atoms with van der Waals surface area (Å²) >= 11 is 0. The highest BCUT2D eigenvalue weighted by Crippen LogP contribution is 2.26. The molecule has 1 aliphatic heterocycles. The zero-order valence-corrected chi connectivity index (χ0v) is 40.1. The summed E-state index contributed by atoms with van der Waals surface area (Å²) in [6, 6.07) is 0. The molecule has 4 N–H and O–H groups in total. The summed E-state index contributed by atoms with van der Waals surface area (Å²) in [5.41, 5.74) is 0. The fourth-order valence-electron chi connectivity index (χ4n) is 6.91. The third-order valence-corrected chi connectivity index (χ3v) is 11.0. The molecule has 0 spiro atoms. The maximum absolute atomic E-state index is 12.8. The number of ether oxygens (including phenoxy) is 4. The monoisotopic (exact) mass is 923 g/mol. The maximum Gasteiger partial charge on any atom is 0.397 e. The van der Waals surface area contributed by atoms with Crippen molar-refractivity contribution in [2.75, 3.05) is 26.4 Å². The van der Waals surface area contributed by atoms with Crippen molar-refractivity contribution in [3.8, 4) is 0 Å². The molecule has 368 valence electrons. The Hall–Kier alpha value is -2.72. The van der Waals surface area contributed by atoms with E-state index in [9.17, 15) is 33.1 Å². The molecule has 6 atom stereocenters. The summed E-state index contributed by atoms with van der Waals surface area (Å²) in [4.78, 5) is 12.8. The van der Waals surface area contributed by atoms with Crippen molar-refractivity contribution in [1.29, 1.82) is 0 Å². The number of allylic oxidation sites excluding steroid dienone is 14. The lowest BCUT2D eigenvalue weighted by Crippen LogP contribution is -2.60. The van der Waals surface area contributed by atoms with Gasteiger partial charge in [-0.15, -0.1) is 0 Å². The molecule has 0 radical (unpaired) electrons. The van der Waals surface area contributed by atoms with Crippen molar-refractivity contribution in [3.05, 3.63) is 85.1 Å². The van der Waals surface area contributed by atoms with Crippen LogP contribution in [0.3, 0.4) is 0 Å². The van der Waals surface area contributed by atoms with Crippen LogP contribution in [0.15, 0.2) is 85.1 Å². The van der Waals surface area contributed by atoms with E-state index in [1.54, 1.807) is 0 Å². The molecule has 1 fully saturated rings. The van der Waals surface area contributed by atoms with Gasteiger partial charge in [-0.2, -0.15) is 8.42 Å².